The quantitative estimate of drug-likeness (QED) is 0.373. The van der Waals surface area contributed by atoms with E-state index < -0.39 is 0 Å². The van der Waals surface area contributed by atoms with E-state index in [2.05, 4.69) is 25.3 Å². The minimum Gasteiger partial charge on any atom is -0.325 e. The lowest BCUT2D eigenvalue weighted by Crippen LogP contribution is -2.33. The second-order valence-corrected chi connectivity index (χ2v) is 4.09. The van der Waals surface area contributed by atoms with Crippen LogP contribution in [0, 0.1) is 0 Å². The third-order valence-electron chi connectivity index (χ3n) is 2.59. The van der Waals surface area contributed by atoms with Gasteiger partial charge >= 0.3 is 0 Å². The van der Waals surface area contributed by atoms with Crippen LogP contribution >= 0.6 is 11.6 Å². The van der Waals surface area contributed by atoms with Crippen LogP contribution in [-0.4, -0.2) is 47.9 Å². The summed E-state index contributed by atoms with van der Waals surface area (Å²) < 4.78 is 0. The Kier molecular flexibility index (Phi) is 8.30. The summed E-state index contributed by atoms with van der Waals surface area (Å²) in [6, 6.07) is 0.240. The molecule has 0 radical (unpaired) electrons. The van der Waals surface area contributed by atoms with Crippen LogP contribution in [0.5, 0.6) is 0 Å². The molecule has 0 saturated carbocycles. The van der Waals surface area contributed by atoms with E-state index in [1.54, 1.807) is 11.8 Å². The smallest absolute Gasteiger partial charge is 0.249 e. The van der Waals surface area contributed by atoms with Crippen molar-refractivity contribution >= 4 is 17.5 Å². The first-order valence-corrected chi connectivity index (χ1v) is 6.33. The fourth-order valence-corrected chi connectivity index (χ4v) is 1.74. The van der Waals surface area contributed by atoms with Gasteiger partial charge in [-0.3, -0.25) is 4.79 Å². The maximum Gasteiger partial charge on any atom is 0.249 e. The zero-order valence-electron chi connectivity index (χ0n) is 10.6. The first-order chi connectivity index (χ1) is 7.56. The summed E-state index contributed by atoms with van der Waals surface area (Å²) in [4.78, 5) is 15.6. The second-order valence-electron chi connectivity index (χ2n) is 3.85. The average Bonchev–Trinajstić information content (AvgIpc) is 2.28. The molecule has 0 atom stereocenters. The van der Waals surface area contributed by atoms with Crippen LogP contribution in [0.4, 0.5) is 0 Å². The fourth-order valence-electron chi connectivity index (χ4n) is 1.51. The largest absolute Gasteiger partial charge is 0.325 e. The molecule has 0 heterocycles. The molecule has 0 aromatic heterocycles. The van der Waals surface area contributed by atoms with Gasteiger partial charge < -0.3 is 9.80 Å². The number of hydrogen-bond donors (Lipinski definition) is 0. The first kappa shape index (κ1) is 15.5. The number of rotatable bonds is 8. The van der Waals surface area contributed by atoms with Gasteiger partial charge in [0.2, 0.25) is 5.91 Å². The number of carbonyl (C=O) groups excluding carboxylic acids is 1. The zero-order chi connectivity index (χ0) is 12.6. The third-order valence-corrected chi connectivity index (χ3v) is 2.88. The summed E-state index contributed by atoms with van der Waals surface area (Å²) in [5.41, 5.74) is 0.545. The van der Waals surface area contributed by atoms with Gasteiger partial charge in [-0.15, -0.1) is 11.6 Å². The summed E-state index contributed by atoms with van der Waals surface area (Å²) in [5, 5.41) is 0. The van der Waals surface area contributed by atoms with Gasteiger partial charge in [-0.1, -0.05) is 20.4 Å². The van der Waals surface area contributed by atoms with Gasteiger partial charge in [0, 0.05) is 12.1 Å². The van der Waals surface area contributed by atoms with E-state index in [9.17, 15) is 4.79 Å². The highest BCUT2D eigenvalue weighted by molar-refractivity contribution is 6.18. The van der Waals surface area contributed by atoms with E-state index in [-0.39, 0.29) is 11.9 Å². The van der Waals surface area contributed by atoms with E-state index in [1.807, 2.05) is 0 Å². The van der Waals surface area contributed by atoms with Crippen LogP contribution in [0.1, 0.15) is 27.2 Å². The number of amides is 1. The van der Waals surface area contributed by atoms with Crippen molar-refractivity contribution in [2.24, 2.45) is 0 Å². The number of nitrogens with zero attached hydrogens (tertiary/aromatic N) is 2. The minimum absolute atomic E-state index is 0.0467. The molecule has 0 spiro atoms. The monoisotopic (exact) mass is 246 g/mol. The van der Waals surface area contributed by atoms with Gasteiger partial charge in [-0.25, -0.2) is 0 Å². The molecular formula is C12H23ClN2O. The molecule has 0 aliphatic rings. The summed E-state index contributed by atoms with van der Waals surface area (Å²) in [7, 11) is 0. The van der Waals surface area contributed by atoms with Crippen molar-refractivity contribution in [3.63, 3.8) is 0 Å². The number of carbonyl (C=O) groups is 1. The van der Waals surface area contributed by atoms with Crippen molar-refractivity contribution in [1.82, 2.24) is 9.80 Å². The molecule has 0 unspecified atom stereocenters. The molecule has 0 N–H and O–H groups in total. The SMILES string of the molecule is C=C(C)C(=O)N(CCl)CCCN(CC)CC. The van der Waals surface area contributed by atoms with Crippen LogP contribution in [-0.2, 0) is 4.79 Å². The van der Waals surface area contributed by atoms with Crippen molar-refractivity contribution < 1.29 is 4.79 Å². The minimum atomic E-state index is -0.0467. The van der Waals surface area contributed by atoms with E-state index in [1.165, 1.54) is 0 Å². The van der Waals surface area contributed by atoms with Crippen molar-refractivity contribution in [2.45, 2.75) is 27.2 Å². The fraction of sp³-hybridized carbons (Fsp3) is 0.750. The molecule has 94 valence electrons. The van der Waals surface area contributed by atoms with Crippen molar-refractivity contribution in [1.29, 1.82) is 0 Å². The molecule has 0 aromatic carbocycles. The molecule has 3 nitrogen and oxygen atoms in total. The lowest BCUT2D eigenvalue weighted by Gasteiger charge is -2.22. The summed E-state index contributed by atoms with van der Waals surface area (Å²) in [6.07, 6.45) is 0.952. The molecule has 0 aromatic rings. The molecule has 0 rings (SSSR count). The first-order valence-electron chi connectivity index (χ1n) is 5.79. The number of halogens is 1. The Labute approximate surface area is 104 Å². The van der Waals surface area contributed by atoms with E-state index in [0.717, 1.165) is 26.1 Å². The average molecular weight is 247 g/mol. The predicted octanol–water partition coefficient (Wildman–Crippen LogP) is 2.32. The van der Waals surface area contributed by atoms with Crippen LogP contribution in [0.3, 0.4) is 0 Å². The normalized spacial score (nSPS) is 10.6. The second kappa shape index (κ2) is 8.59. The van der Waals surface area contributed by atoms with Gasteiger partial charge in [0.05, 0.1) is 6.00 Å². The Morgan fingerprint density at radius 3 is 2.19 bits per heavy atom. The van der Waals surface area contributed by atoms with Crippen LogP contribution in [0.25, 0.3) is 0 Å². The van der Waals surface area contributed by atoms with Crippen molar-refractivity contribution in [3.05, 3.63) is 12.2 Å². The van der Waals surface area contributed by atoms with Gasteiger partial charge in [-0.05, 0) is 33.0 Å². The van der Waals surface area contributed by atoms with Crippen molar-refractivity contribution in [3.8, 4) is 0 Å². The Balaban J connectivity index is 3.96. The topological polar surface area (TPSA) is 23.6 Å². The molecule has 0 aliphatic heterocycles. The maximum atomic E-state index is 11.6. The van der Waals surface area contributed by atoms with Gasteiger partial charge in [0.15, 0.2) is 0 Å². The highest BCUT2D eigenvalue weighted by Gasteiger charge is 2.12. The maximum absolute atomic E-state index is 11.6. The number of alkyl halides is 1. The van der Waals surface area contributed by atoms with Crippen LogP contribution < -0.4 is 0 Å². The van der Waals surface area contributed by atoms with Gasteiger partial charge in [0.1, 0.15) is 0 Å². The molecule has 0 fully saturated rings. The van der Waals surface area contributed by atoms with Gasteiger partial charge in [0.25, 0.3) is 0 Å². The van der Waals surface area contributed by atoms with E-state index >= 15 is 0 Å². The highest BCUT2D eigenvalue weighted by atomic mass is 35.5. The van der Waals surface area contributed by atoms with Crippen molar-refractivity contribution in [2.75, 3.05) is 32.2 Å². The molecule has 1 amide bonds. The molecule has 0 aliphatic carbocycles. The zero-order valence-corrected chi connectivity index (χ0v) is 11.4. The van der Waals surface area contributed by atoms with Crippen LogP contribution in [0.2, 0.25) is 0 Å². The standard InChI is InChI=1S/C12H23ClN2O/c1-5-14(6-2)8-7-9-15(10-13)12(16)11(3)4/h3,5-10H2,1-2,4H3. The Morgan fingerprint density at radius 2 is 1.81 bits per heavy atom. The molecule has 0 bridgehead atoms. The summed E-state index contributed by atoms with van der Waals surface area (Å²) >= 11 is 5.74. The highest BCUT2D eigenvalue weighted by Crippen LogP contribution is 2.02. The van der Waals surface area contributed by atoms with Gasteiger partial charge in [-0.2, -0.15) is 0 Å². The summed E-state index contributed by atoms with van der Waals surface area (Å²) in [5.74, 6) is -0.0467. The summed E-state index contributed by atoms with van der Waals surface area (Å²) in [6.45, 7) is 13.4. The Bertz CT molecular complexity index is 227. The molecular weight excluding hydrogens is 224 g/mol. The van der Waals surface area contributed by atoms with E-state index in [0.29, 0.717) is 12.1 Å². The lowest BCUT2D eigenvalue weighted by atomic mass is 10.3. The predicted molar refractivity (Wildman–Crippen MR) is 69.7 cm³/mol. The lowest BCUT2D eigenvalue weighted by molar-refractivity contribution is -0.126. The Hall–Kier alpha value is -0.540. The Morgan fingerprint density at radius 1 is 1.25 bits per heavy atom. The van der Waals surface area contributed by atoms with E-state index in [4.69, 9.17) is 11.6 Å². The molecule has 16 heavy (non-hydrogen) atoms. The third kappa shape index (κ3) is 5.52. The molecule has 4 heteroatoms. The number of hydrogen-bond acceptors (Lipinski definition) is 2. The molecule has 0 saturated heterocycles. The van der Waals surface area contributed by atoms with Crippen LogP contribution in [0.15, 0.2) is 12.2 Å².